The summed E-state index contributed by atoms with van der Waals surface area (Å²) < 4.78 is 0. The Balaban J connectivity index is 2.69. The van der Waals surface area contributed by atoms with E-state index in [2.05, 4.69) is 17.1 Å². The maximum atomic E-state index is 11.9. The third-order valence-corrected chi connectivity index (χ3v) is 2.75. The van der Waals surface area contributed by atoms with Gasteiger partial charge in [0.05, 0.1) is 12.2 Å². The van der Waals surface area contributed by atoms with Crippen LogP contribution in [0.4, 0.5) is 0 Å². The predicted octanol–water partition coefficient (Wildman–Crippen LogP) is 0.851. The maximum Gasteiger partial charge on any atom is 0.156 e. The molecule has 13 heavy (non-hydrogen) atoms. The zero-order valence-corrected chi connectivity index (χ0v) is 9.22. The van der Waals surface area contributed by atoms with Crippen molar-refractivity contribution >= 4 is 5.78 Å². The Morgan fingerprint density at radius 3 is 2.31 bits per heavy atom. The standard InChI is InChI=1S/C10H20N2O/c1-7-11-6-8(12(7)5)9(13)10(2,3)4/h7-8,11H,6H2,1-5H3. The zero-order valence-electron chi connectivity index (χ0n) is 9.22. The summed E-state index contributed by atoms with van der Waals surface area (Å²) in [6.45, 7) is 8.80. The molecule has 1 saturated heterocycles. The molecule has 0 bridgehead atoms. The van der Waals surface area contributed by atoms with E-state index < -0.39 is 0 Å². The van der Waals surface area contributed by atoms with Gasteiger partial charge in [-0.05, 0) is 14.0 Å². The van der Waals surface area contributed by atoms with Crippen molar-refractivity contribution in [2.45, 2.75) is 39.9 Å². The highest BCUT2D eigenvalue weighted by molar-refractivity contribution is 5.89. The van der Waals surface area contributed by atoms with E-state index in [0.717, 1.165) is 6.54 Å². The third kappa shape index (κ3) is 2.09. The van der Waals surface area contributed by atoms with Crippen LogP contribution < -0.4 is 5.32 Å². The number of nitrogens with one attached hydrogen (secondary N) is 1. The molecule has 1 aliphatic heterocycles. The second-order valence-electron chi connectivity index (χ2n) is 4.88. The van der Waals surface area contributed by atoms with E-state index in [-0.39, 0.29) is 11.5 Å². The number of Topliss-reactive ketones (excluding diaryl/α,β-unsaturated/α-hetero) is 1. The number of hydrogen-bond acceptors (Lipinski definition) is 3. The number of carbonyl (C=O) groups excluding carboxylic acids is 1. The lowest BCUT2D eigenvalue weighted by atomic mass is 9.86. The number of hydrogen-bond donors (Lipinski definition) is 1. The van der Waals surface area contributed by atoms with Gasteiger partial charge in [0, 0.05) is 12.0 Å². The molecule has 1 heterocycles. The molecule has 3 nitrogen and oxygen atoms in total. The molecule has 2 atom stereocenters. The first kappa shape index (κ1) is 10.7. The fourth-order valence-electron chi connectivity index (χ4n) is 1.62. The molecular weight excluding hydrogens is 164 g/mol. The first-order chi connectivity index (χ1) is 5.84. The molecule has 0 amide bonds. The van der Waals surface area contributed by atoms with Gasteiger partial charge in [-0.15, -0.1) is 0 Å². The SMILES string of the molecule is CC1NCC(C(=O)C(C)(C)C)N1C. The van der Waals surface area contributed by atoms with Crippen molar-refractivity contribution < 1.29 is 4.79 Å². The lowest BCUT2D eigenvalue weighted by molar-refractivity contribution is -0.130. The predicted molar refractivity (Wildman–Crippen MR) is 53.5 cm³/mol. The quantitative estimate of drug-likeness (QED) is 0.656. The van der Waals surface area contributed by atoms with Crippen LogP contribution in [-0.4, -0.2) is 36.5 Å². The molecule has 0 aromatic rings. The zero-order chi connectivity index (χ0) is 10.2. The molecular formula is C10H20N2O. The maximum absolute atomic E-state index is 11.9. The van der Waals surface area contributed by atoms with Crippen LogP contribution in [0.2, 0.25) is 0 Å². The van der Waals surface area contributed by atoms with Crippen molar-refractivity contribution in [2.75, 3.05) is 13.6 Å². The fourth-order valence-corrected chi connectivity index (χ4v) is 1.62. The van der Waals surface area contributed by atoms with Gasteiger partial charge in [0.15, 0.2) is 5.78 Å². The van der Waals surface area contributed by atoms with Gasteiger partial charge in [0.25, 0.3) is 0 Å². The number of carbonyl (C=O) groups is 1. The van der Waals surface area contributed by atoms with E-state index in [1.165, 1.54) is 0 Å². The van der Waals surface area contributed by atoms with Crippen LogP contribution in [0.3, 0.4) is 0 Å². The summed E-state index contributed by atoms with van der Waals surface area (Å²) in [5.74, 6) is 0.326. The van der Waals surface area contributed by atoms with Crippen LogP contribution in [0.1, 0.15) is 27.7 Å². The largest absolute Gasteiger partial charge is 0.300 e. The van der Waals surface area contributed by atoms with Gasteiger partial charge in [-0.2, -0.15) is 0 Å². The summed E-state index contributed by atoms with van der Waals surface area (Å²) in [4.78, 5) is 14.0. The highest BCUT2D eigenvalue weighted by atomic mass is 16.1. The number of ketones is 1. The fraction of sp³-hybridized carbons (Fsp3) is 0.900. The Bertz CT molecular complexity index is 207. The topological polar surface area (TPSA) is 32.3 Å². The molecule has 76 valence electrons. The van der Waals surface area contributed by atoms with Crippen LogP contribution in [0, 0.1) is 5.41 Å². The Morgan fingerprint density at radius 1 is 1.46 bits per heavy atom. The molecule has 0 saturated carbocycles. The van der Waals surface area contributed by atoms with Gasteiger partial charge in [-0.3, -0.25) is 15.0 Å². The molecule has 3 heteroatoms. The van der Waals surface area contributed by atoms with Gasteiger partial charge in [0.2, 0.25) is 0 Å². The van der Waals surface area contributed by atoms with Gasteiger partial charge in [0.1, 0.15) is 0 Å². The monoisotopic (exact) mass is 184 g/mol. The van der Waals surface area contributed by atoms with Crippen molar-refractivity contribution in [3.63, 3.8) is 0 Å². The van der Waals surface area contributed by atoms with Crippen LogP contribution in [0.15, 0.2) is 0 Å². The summed E-state index contributed by atoms with van der Waals surface area (Å²) in [6, 6.07) is 0.0509. The summed E-state index contributed by atoms with van der Waals surface area (Å²) in [7, 11) is 2.00. The molecule has 0 aromatic heterocycles. The van der Waals surface area contributed by atoms with Crippen molar-refractivity contribution in [3.8, 4) is 0 Å². The first-order valence-corrected chi connectivity index (χ1v) is 4.83. The second kappa shape index (κ2) is 3.39. The minimum atomic E-state index is -0.231. The average molecular weight is 184 g/mol. The summed E-state index contributed by atoms with van der Waals surface area (Å²) in [5, 5.41) is 3.28. The van der Waals surface area contributed by atoms with Crippen LogP contribution in [-0.2, 0) is 4.79 Å². The van der Waals surface area contributed by atoms with Crippen LogP contribution in [0.25, 0.3) is 0 Å². The molecule has 0 radical (unpaired) electrons. The van der Waals surface area contributed by atoms with Gasteiger partial charge < -0.3 is 0 Å². The highest BCUT2D eigenvalue weighted by Gasteiger charge is 2.37. The number of likely N-dealkylation sites (N-methyl/N-ethyl adjacent to an activating group) is 1. The molecule has 1 fully saturated rings. The molecule has 0 aliphatic carbocycles. The highest BCUT2D eigenvalue weighted by Crippen LogP contribution is 2.21. The average Bonchev–Trinajstić information content (AvgIpc) is 2.30. The van der Waals surface area contributed by atoms with Gasteiger partial charge in [-0.1, -0.05) is 20.8 Å². The molecule has 0 spiro atoms. The first-order valence-electron chi connectivity index (χ1n) is 4.83. The number of rotatable bonds is 1. The van der Waals surface area contributed by atoms with Gasteiger partial charge >= 0.3 is 0 Å². The van der Waals surface area contributed by atoms with E-state index in [4.69, 9.17) is 0 Å². The summed E-state index contributed by atoms with van der Waals surface area (Å²) >= 11 is 0. The van der Waals surface area contributed by atoms with Gasteiger partial charge in [-0.25, -0.2) is 0 Å². The van der Waals surface area contributed by atoms with Crippen molar-refractivity contribution in [1.29, 1.82) is 0 Å². The smallest absolute Gasteiger partial charge is 0.156 e. The molecule has 1 aliphatic rings. The van der Waals surface area contributed by atoms with E-state index in [1.54, 1.807) is 0 Å². The molecule has 0 aromatic carbocycles. The molecule has 1 rings (SSSR count). The van der Waals surface area contributed by atoms with E-state index in [0.29, 0.717) is 11.9 Å². The molecule has 2 unspecified atom stereocenters. The lowest BCUT2D eigenvalue weighted by Crippen LogP contribution is -2.43. The number of nitrogens with zero attached hydrogens (tertiary/aromatic N) is 1. The minimum absolute atomic E-state index is 0.0509. The van der Waals surface area contributed by atoms with E-state index in [1.807, 2.05) is 27.8 Å². The summed E-state index contributed by atoms with van der Waals surface area (Å²) in [5.41, 5.74) is -0.231. The van der Waals surface area contributed by atoms with Crippen LogP contribution in [0.5, 0.6) is 0 Å². The van der Waals surface area contributed by atoms with Crippen molar-refractivity contribution in [2.24, 2.45) is 5.41 Å². The minimum Gasteiger partial charge on any atom is -0.300 e. The van der Waals surface area contributed by atoms with E-state index >= 15 is 0 Å². The lowest BCUT2D eigenvalue weighted by Gasteiger charge is -2.27. The Kier molecular flexibility index (Phi) is 2.78. The van der Waals surface area contributed by atoms with Crippen molar-refractivity contribution in [3.05, 3.63) is 0 Å². The van der Waals surface area contributed by atoms with Crippen LogP contribution >= 0.6 is 0 Å². The Morgan fingerprint density at radius 2 is 2.00 bits per heavy atom. The second-order valence-corrected chi connectivity index (χ2v) is 4.88. The Hall–Kier alpha value is -0.410. The summed E-state index contributed by atoms with van der Waals surface area (Å²) in [6.07, 6.45) is 0.316. The van der Waals surface area contributed by atoms with E-state index in [9.17, 15) is 4.79 Å². The normalized spacial score (nSPS) is 30.8. The molecule has 1 N–H and O–H groups in total. The van der Waals surface area contributed by atoms with Crippen molar-refractivity contribution in [1.82, 2.24) is 10.2 Å². The Labute approximate surface area is 80.5 Å². The third-order valence-electron chi connectivity index (χ3n) is 2.75.